The molecule has 1 aliphatic heterocycles. The smallest absolute Gasteiger partial charge is 0.267 e. The van der Waals surface area contributed by atoms with Gasteiger partial charge in [-0.05, 0) is 62.1 Å². The molecule has 0 saturated carbocycles. The first-order valence-electron chi connectivity index (χ1n) is 10.0. The zero-order chi connectivity index (χ0) is 20.2. The fraction of sp³-hybridized carbons (Fsp3) is 0.304. The molecule has 0 unspecified atom stereocenters. The third kappa shape index (κ3) is 4.39. The summed E-state index contributed by atoms with van der Waals surface area (Å²) in [6, 6.07) is 13.0. The number of nitrogens with one attached hydrogen (secondary N) is 2. The maximum absolute atomic E-state index is 11.1. The minimum Gasteiger partial charge on any atom is -0.358 e. The molecule has 150 valence electrons. The Morgan fingerprint density at radius 3 is 3.00 bits per heavy atom. The third-order valence-corrected chi connectivity index (χ3v) is 5.72. The maximum atomic E-state index is 11.1. The van der Waals surface area contributed by atoms with E-state index in [9.17, 15) is 4.79 Å². The number of hydrogen-bond acceptors (Lipinski definition) is 4. The van der Waals surface area contributed by atoms with Crippen molar-refractivity contribution in [3.8, 4) is 0 Å². The molecule has 0 aliphatic carbocycles. The van der Waals surface area contributed by atoms with E-state index in [1.807, 2.05) is 12.1 Å². The molecule has 3 heterocycles. The van der Waals surface area contributed by atoms with Crippen molar-refractivity contribution in [1.82, 2.24) is 20.3 Å². The van der Waals surface area contributed by atoms with Crippen molar-refractivity contribution in [2.75, 3.05) is 6.54 Å². The predicted molar refractivity (Wildman–Crippen MR) is 113 cm³/mol. The molecule has 3 N–H and O–H groups in total. The van der Waals surface area contributed by atoms with Crippen LogP contribution in [0, 0.1) is 6.92 Å². The highest BCUT2D eigenvalue weighted by Gasteiger charge is 2.26. The van der Waals surface area contributed by atoms with E-state index in [1.54, 1.807) is 17.8 Å². The van der Waals surface area contributed by atoms with Crippen molar-refractivity contribution in [3.63, 3.8) is 0 Å². The lowest BCUT2D eigenvalue weighted by Gasteiger charge is -2.24. The maximum Gasteiger partial charge on any atom is 0.267 e. The number of carbonyl (C=O) groups excluding carboxylic acids is 1. The van der Waals surface area contributed by atoms with Gasteiger partial charge in [-0.25, -0.2) is 5.48 Å². The second-order valence-corrected chi connectivity index (χ2v) is 7.64. The van der Waals surface area contributed by atoms with Crippen LogP contribution in [-0.4, -0.2) is 38.6 Å². The molecule has 29 heavy (non-hydrogen) atoms. The molecule has 1 saturated heterocycles. The van der Waals surface area contributed by atoms with Gasteiger partial charge in [0.2, 0.25) is 0 Å². The van der Waals surface area contributed by atoms with Gasteiger partial charge in [-0.2, -0.15) is 0 Å². The summed E-state index contributed by atoms with van der Waals surface area (Å²) >= 11 is 0. The summed E-state index contributed by atoms with van der Waals surface area (Å²) in [6.07, 6.45) is 8.12. The number of fused-ring (bicyclic) bond motifs is 1. The number of aryl methyl sites for hydroxylation is 1. The predicted octanol–water partition coefficient (Wildman–Crippen LogP) is 3.60. The molecule has 0 spiro atoms. The number of aromatic nitrogens is 2. The zero-order valence-corrected chi connectivity index (χ0v) is 16.6. The third-order valence-electron chi connectivity index (χ3n) is 5.72. The van der Waals surface area contributed by atoms with Crippen LogP contribution in [0.4, 0.5) is 0 Å². The molecular formula is C23H26N4O2. The van der Waals surface area contributed by atoms with Crippen molar-refractivity contribution in [2.24, 2.45) is 0 Å². The Kier molecular flexibility index (Phi) is 5.74. The first-order chi connectivity index (χ1) is 14.1. The number of nitrogens with zero attached hydrogens (tertiary/aromatic N) is 2. The molecule has 0 bridgehead atoms. The number of hydrogen-bond donors (Lipinski definition) is 3. The standard InChI is InChI=1S/C23H26N4O2/c1-16-21(20-6-2-3-7-22(20)25-16)13-19-5-4-12-27(19)15-18-10-8-17(14-24-18)9-11-23(28)26-29/h2-3,6-11,14,19,25,29H,4-5,12-13,15H2,1H3,(H,26,28)/b11-9+/t19-/m1/s1. The van der Waals surface area contributed by atoms with Gasteiger partial charge in [-0.1, -0.05) is 24.3 Å². The van der Waals surface area contributed by atoms with E-state index in [4.69, 9.17) is 5.21 Å². The summed E-state index contributed by atoms with van der Waals surface area (Å²) in [7, 11) is 0. The average molecular weight is 390 g/mol. The number of benzene rings is 1. The normalized spacial score (nSPS) is 17.4. The SMILES string of the molecule is Cc1[nH]c2ccccc2c1C[C@H]1CCCN1Cc1ccc(/C=C/C(=O)NO)cn1. The number of amides is 1. The Morgan fingerprint density at radius 1 is 1.34 bits per heavy atom. The van der Waals surface area contributed by atoms with E-state index in [-0.39, 0.29) is 0 Å². The Balaban J connectivity index is 1.44. The summed E-state index contributed by atoms with van der Waals surface area (Å²) in [5.74, 6) is -0.554. The average Bonchev–Trinajstić information content (AvgIpc) is 3.31. The van der Waals surface area contributed by atoms with Gasteiger partial charge in [0.25, 0.3) is 5.91 Å². The molecular weight excluding hydrogens is 364 g/mol. The van der Waals surface area contributed by atoms with Crippen LogP contribution in [0.2, 0.25) is 0 Å². The molecule has 1 amide bonds. The summed E-state index contributed by atoms with van der Waals surface area (Å²) in [4.78, 5) is 21.7. The van der Waals surface area contributed by atoms with E-state index < -0.39 is 5.91 Å². The van der Waals surface area contributed by atoms with Crippen LogP contribution in [0.1, 0.15) is 35.4 Å². The highest BCUT2D eigenvalue weighted by Crippen LogP contribution is 2.28. The summed E-state index contributed by atoms with van der Waals surface area (Å²) in [5.41, 5.74) is 7.33. The van der Waals surface area contributed by atoms with Crippen molar-refractivity contribution in [1.29, 1.82) is 0 Å². The Bertz CT molecular complexity index is 1020. The number of rotatable bonds is 6. The van der Waals surface area contributed by atoms with Crippen molar-refractivity contribution >= 4 is 22.9 Å². The highest BCUT2D eigenvalue weighted by molar-refractivity contribution is 5.90. The van der Waals surface area contributed by atoms with E-state index in [0.717, 1.165) is 30.8 Å². The molecule has 6 heteroatoms. The Hall–Kier alpha value is -2.96. The Morgan fingerprint density at radius 2 is 2.21 bits per heavy atom. The molecule has 1 aliphatic rings. The number of pyridine rings is 1. The van der Waals surface area contributed by atoms with Crippen LogP contribution in [-0.2, 0) is 17.8 Å². The molecule has 1 atom stereocenters. The fourth-order valence-corrected chi connectivity index (χ4v) is 4.21. The molecule has 1 fully saturated rings. The second-order valence-electron chi connectivity index (χ2n) is 7.64. The number of para-hydroxylation sites is 1. The summed E-state index contributed by atoms with van der Waals surface area (Å²) in [6.45, 7) is 4.08. The van der Waals surface area contributed by atoms with Crippen molar-refractivity contribution in [2.45, 2.75) is 38.8 Å². The largest absolute Gasteiger partial charge is 0.358 e. The van der Waals surface area contributed by atoms with Gasteiger partial charge in [0.15, 0.2) is 0 Å². The number of H-pyrrole nitrogens is 1. The van der Waals surface area contributed by atoms with Crippen molar-refractivity contribution in [3.05, 3.63) is 71.2 Å². The zero-order valence-electron chi connectivity index (χ0n) is 16.6. The molecule has 1 aromatic carbocycles. The van der Waals surface area contributed by atoms with Gasteiger partial charge < -0.3 is 4.98 Å². The highest BCUT2D eigenvalue weighted by atomic mass is 16.5. The van der Waals surface area contributed by atoms with Crippen LogP contribution in [0.15, 0.2) is 48.7 Å². The molecule has 4 rings (SSSR count). The van der Waals surface area contributed by atoms with Crippen LogP contribution < -0.4 is 5.48 Å². The van der Waals surface area contributed by atoms with Crippen molar-refractivity contribution < 1.29 is 10.0 Å². The van der Waals surface area contributed by atoms with E-state index in [0.29, 0.717) is 6.04 Å². The second kappa shape index (κ2) is 8.59. The summed E-state index contributed by atoms with van der Waals surface area (Å²) < 4.78 is 0. The van der Waals surface area contributed by atoms with Gasteiger partial charge in [0, 0.05) is 41.5 Å². The number of hydroxylamine groups is 1. The lowest BCUT2D eigenvalue weighted by Crippen LogP contribution is -2.31. The first kappa shape index (κ1) is 19.4. The lowest BCUT2D eigenvalue weighted by molar-refractivity contribution is -0.124. The van der Waals surface area contributed by atoms with Crippen LogP contribution >= 0.6 is 0 Å². The molecule has 0 radical (unpaired) electrons. The van der Waals surface area contributed by atoms with E-state index in [1.165, 1.54) is 41.1 Å². The number of carbonyl (C=O) groups is 1. The number of aromatic amines is 1. The Labute approximate surface area is 170 Å². The minimum atomic E-state index is -0.554. The van der Waals surface area contributed by atoms with Crippen LogP contribution in [0.5, 0.6) is 0 Å². The summed E-state index contributed by atoms with van der Waals surface area (Å²) in [5, 5.41) is 9.87. The van der Waals surface area contributed by atoms with Gasteiger partial charge in [0.05, 0.1) is 5.69 Å². The molecule has 6 nitrogen and oxygen atoms in total. The first-order valence-corrected chi connectivity index (χ1v) is 10.0. The van der Waals surface area contributed by atoms with Crippen LogP contribution in [0.25, 0.3) is 17.0 Å². The van der Waals surface area contributed by atoms with Gasteiger partial charge in [0.1, 0.15) is 0 Å². The fourth-order valence-electron chi connectivity index (χ4n) is 4.21. The van der Waals surface area contributed by atoms with Gasteiger partial charge in [-0.3, -0.25) is 19.9 Å². The van der Waals surface area contributed by atoms with Crippen LogP contribution in [0.3, 0.4) is 0 Å². The van der Waals surface area contributed by atoms with E-state index >= 15 is 0 Å². The molecule has 3 aromatic rings. The molecule has 2 aromatic heterocycles. The quantitative estimate of drug-likeness (QED) is 0.341. The monoisotopic (exact) mass is 390 g/mol. The van der Waals surface area contributed by atoms with Gasteiger partial charge >= 0.3 is 0 Å². The minimum absolute atomic E-state index is 0.516. The topological polar surface area (TPSA) is 81.2 Å². The number of likely N-dealkylation sites (tertiary alicyclic amines) is 1. The van der Waals surface area contributed by atoms with Gasteiger partial charge in [-0.15, -0.1) is 0 Å². The lowest BCUT2D eigenvalue weighted by atomic mass is 10.0. The van der Waals surface area contributed by atoms with E-state index in [2.05, 4.69) is 46.1 Å².